The van der Waals surface area contributed by atoms with E-state index in [1.54, 1.807) is 36.4 Å². The largest absolute Gasteiger partial charge is 0.497 e. The van der Waals surface area contributed by atoms with Crippen molar-refractivity contribution < 1.29 is 19.1 Å². The number of esters is 1. The molecule has 0 atom stereocenters. The van der Waals surface area contributed by atoms with Crippen molar-refractivity contribution in [2.45, 2.75) is 6.61 Å². The Morgan fingerprint density at radius 1 is 1.00 bits per heavy atom. The highest BCUT2D eigenvalue weighted by Gasteiger charge is 2.17. The highest BCUT2D eigenvalue weighted by Crippen LogP contribution is 2.24. The molecule has 0 saturated carbocycles. The SMILES string of the molecule is COc1ccc(NC(=O)c2ccc(C#N)cc2)c(C(=O)OCc2ccccc2)c1. The molecule has 0 aliphatic heterocycles. The van der Waals surface area contributed by atoms with Gasteiger partial charge in [0.25, 0.3) is 5.91 Å². The lowest BCUT2D eigenvalue weighted by Gasteiger charge is -2.13. The van der Waals surface area contributed by atoms with E-state index < -0.39 is 11.9 Å². The maximum absolute atomic E-state index is 12.6. The molecule has 0 radical (unpaired) electrons. The van der Waals surface area contributed by atoms with Crippen molar-refractivity contribution in [3.63, 3.8) is 0 Å². The first-order valence-electron chi connectivity index (χ1n) is 8.81. The third-order valence-corrected chi connectivity index (χ3v) is 4.18. The molecule has 144 valence electrons. The van der Waals surface area contributed by atoms with Gasteiger partial charge in [-0.25, -0.2) is 4.79 Å². The molecular formula is C23H18N2O4. The first-order chi connectivity index (χ1) is 14.1. The number of rotatable bonds is 6. The van der Waals surface area contributed by atoms with E-state index in [-0.39, 0.29) is 12.2 Å². The Morgan fingerprint density at radius 3 is 2.38 bits per heavy atom. The Labute approximate surface area is 168 Å². The van der Waals surface area contributed by atoms with Gasteiger partial charge < -0.3 is 14.8 Å². The summed E-state index contributed by atoms with van der Waals surface area (Å²) < 4.78 is 10.6. The molecule has 0 heterocycles. The van der Waals surface area contributed by atoms with Crippen LogP contribution >= 0.6 is 0 Å². The molecule has 29 heavy (non-hydrogen) atoms. The topological polar surface area (TPSA) is 88.4 Å². The monoisotopic (exact) mass is 386 g/mol. The minimum absolute atomic E-state index is 0.111. The van der Waals surface area contributed by atoms with Crippen LogP contribution in [-0.4, -0.2) is 19.0 Å². The van der Waals surface area contributed by atoms with E-state index in [0.717, 1.165) is 5.56 Å². The number of methoxy groups -OCH3 is 1. The number of anilines is 1. The zero-order valence-corrected chi connectivity index (χ0v) is 15.7. The second-order valence-corrected chi connectivity index (χ2v) is 6.12. The summed E-state index contributed by atoms with van der Waals surface area (Å²) in [4.78, 5) is 25.2. The summed E-state index contributed by atoms with van der Waals surface area (Å²) in [7, 11) is 1.49. The van der Waals surface area contributed by atoms with Gasteiger partial charge in [-0.3, -0.25) is 4.79 Å². The fourth-order valence-corrected chi connectivity index (χ4v) is 2.62. The predicted molar refractivity (Wildman–Crippen MR) is 108 cm³/mol. The number of ether oxygens (including phenoxy) is 2. The van der Waals surface area contributed by atoms with Gasteiger partial charge in [-0.05, 0) is 48.0 Å². The van der Waals surface area contributed by atoms with Crippen LogP contribution in [0.15, 0.2) is 72.8 Å². The molecule has 3 rings (SSSR count). The van der Waals surface area contributed by atoms with Crippen LogP contribution in [0.1, 0.15) is 31.8 Å². The van der Waals surface area contributed by atoms with E-state index in [9.17, 15) is 9.59 Å². The molecule has 0 saturated heterocycles. The van der Waals surface area contributed by atoms with Gasteiger partial charge in [0, 0.05) is 5.56 Å². The van der Waals surface area contributed by atoms with E-state index in [1.165, 1.54) is 13.2 Å². The van der Waals surface area contributed by atoms with E-state index in [1.807, 2.05) is 36.4 Å². The second-order valence-electron chi connectivity index (χ2n) is 6.12. The molecule has 6 heteroatoms. The van der Waals surface area contributed by atoms with Gasteiger partial charge in [-0.15, -0.1) is 0 Å². The Balaban J connectivity index is 1.79. The number of hydrogen-bond donors (Lipinski definition) is 1. The van der Waals surface area contributed by atoms with Gasteiger partial charge in [-0.2, -0.15) is 5.26 Å². The van der Waals surface area contributed by atoms with Gasteiger partial charge in [0.15, 0.2) is 0 Å². The lowest BCUT2D eigenvalue weighted by Crippen LogP contribution is -2.16. The fraction of sp³-hybridized carbons (Fsp3) is 0.0870. The third-order valence-electron chi connectivity index (χ3n) is 4.18. The smallest absolute Gasteiger partial charge is 0.340 e. The number of benzene rings is 3. The minimum Gasteiger partial charge on any atom is -0.497 e. The number of amides is 1. The van der Waals surface area contributed by atoms with Gasteiger partial charge in [0.1, 0.15) is 12.4 Å². The number of carbonyl (C=O) groups excluding carboxylic acids is 2. The highest BCUT2D eigenvalue weighted by molar-refractivity contribution is 6.08. The van der Waals surface area contributed by atoms with Crippen LogP contribution in [0.5, 0.6) is 5.75 Å². The Kier molecular flexibility index (Phi) is 6.23. The van der Waals surface area contributed by atoms with Crippen molar-refractivity contribution >= 4 is 17.6 Å². The molecule has 0 aromatic heterocycles. The average Bonchev–Trinajstić information content (AvgIpc) is 2.78. The molecule has 0 unspecified atom stereocenters. The molecule has 0 spiro atoms. The van der Waals surface area contributed by atoms with Crippen LogP contribution in [0.3, 0.4) is 0 Å². The third kappa shape index (κ3) is 4.99. The van der Waals surface area contributed by atoms with E-state index in [4.69, 9.17) is 14.7 Å². The van der Waals surface area contributed by atoms with E-state index >= 15 is 0 Å². The maximum atomic E-state index is 12.6. The first-order valence-corrected chi connectivity index (χ1v) is 8.81. The fourth-order valence-electron chi connectivity index (χ4n) is 2.62. The molecule has 0 bridgehead atoms. The predicted octanol–water partition coefficient (Wildman–Crippen LogP) is 4.18. The molecule has 0 aliphatic rings. The second kappa shape index (κ2) is 9.20. The van der Waals surface area contributed by atoms with Gasteiger partial charge in [0.2, 0.25) is 0 Å². The van der Waals surface area contributed by atoms with Crippen LogP contribution in [0.4, 0.5) is 5.69 Å². The summed E-state index contributed by atoms with van der Waals surface area (Å²) >= 11 is 0. The number of nitrogens with zero attached hydrogens (tertiary/aromatic N) is 1. The maximum Gasteiger partial charge on any atom is 0.340 e. The van der Waals surface area contributed by atoms with Crippen molar-refractivity contribution in [1.82, 2.24) is 0 Å². The molecule has 3 aromatic carbocycles. The highest BCUT2D eigenvalue weighted by atomic mass is 16.5. The summed E-state index contributed by atoms with van der Waals surface area (Å²) in [6, 6.07) is 22.2. The standard InChI is InChI=1S/C23H18N2O4/c1-28-19-11-12-21(25-22(26)18-9-7-16(14-24)8-10-18)20(13-19)23(27)29-15-17-5-3-2-4-6-17/h2-13H,15H2,1H3,(H,25,26). The summed E-state index contributed by atoms with van der Waals surface area (Å²) in [5, 5.41) is 11.6. The van der Waals surface area contributed by atoms with Crippen LogP contribution in [0.25, 0.3) is 0 Å². The molecule has 6 nitrogen and oxygen atoms in total. The summed E-state index contributed by atoms with van der Waals surface area (Å²) in [5.41, 5.74) is 2.16. The number of nitrogens with one attached hydrogen (secondary N) is 1. The van der Waals surface area contributed by atoms with E-state index in [0.29, 0.717) is 22.6 Å². The van der Waals surface area contributed by atoms with Crippen molar-refractivity contribution in [1.29, 1.82) is 5.26 Å². The lowest BCUT2D eigenvalue weighted by atomic mass is 10.1. The summed E-state index contributed by atoms with van der Waals surface area (Å²) in [6.45, 7) is 0.111. The summed E-state index contributed by atoms with van der Waals surface area (Å²) in [6.07, 6.45) is 0. The Bertz CT molecular complexity index is 1050. The number of nitriles is 1. The molecule has 3 aromatic rings. The van der Waals surface area contributed by atoms with Gasteiger partial charge >= 0.3 is 5.97 Å². The van der Waals surface area contributed by atoms with Gasteiger partial charge in [0.05, 0.1) is 30.0 Å². The quantitative estimate of drug-likeness (QED) is 0.642. The van der Waals surface area contributed by atoms with Crippen molar-refractivity contribution in [3.05, 3.63) is 95.1 Å². The first kappa shape index (κ1) is 19.6. The number of hydrogen-bond acceptors (Lipinski definition) is 5. The molecular weight excluding hydrogens is 368 g/mol. The Hall–Kier alpha value is -4.11. The average molecular weight is 386 g/mol. The van der Waals surface area contributed by atoms with E-state index in [2.05, 4.69) is 5.32 Å². The van der Waals surface area contributed by atoms with Crippen molar-refractivity contribution in [3.8, 4) is 11.8 Å². The van der Waals surface area contributed by atoms with Gasteiger partial charge in [-0.1, -0.05) is 30.3 Å². The molecule has 1 N–H and O–H groups in total. The minimum atomic E-state index is -0.581. The van der Waals surface area contributed by atoms with Crippen LogP contribution in [0, 0.1) is 11.3 Å². The van der Waals surface area contributed by atoms with Crippen molar-refractivity contribution in [2.24, 2.45) is 0 Å². The summed E-state index contributed by atoms with van der Waals surface area (Å²) in [5.74, 6) is -0.521. The molecule has 0 aliphatic carbocycles. The van der Waals surface area contributed by atoms with Crippen molar-refractivity contribution in [2.75, 3.05) is 12.4 Å². The lowest BCUT2D eigenvalue weighted by molar-refractivity contribution is 0.0473. The zero-order valence-electron chi connectivity index (χ0n) is 15.7. The van der Waals surface area contributed by atoms with Crippen LogP contribution in [-0.2, 0) is 11.3 Å². The van der Waals surface area contributed by atoms with Crippen LogP contribution in [0.2, 0.25) is 0 Å². The zero-order chi connectivity index (χ0) is 20.6. The van der Waals surface area contributed by atoms with Crippen LogP contribution < -0.4 is 10.1 Å². The molecule has 0 fully saturated rings. The normalized spacial score (nSPS) is 9.93. The Morgan fingerprint density at radius 2 is 1.72 bits per heavy atom. The molecule has 1 amide bonds. The number of carbonyl (C=O) groups is 2.